The Morgan fingerprint density at radius 1 is 1.17 bits per heavy atom. The average Bonchev–Trinajstić information content (AvgIpc) is 3.25. The van der Waals surface area contributed by atoms with E-state index in [2.05, 4.69) is 26.6 Å². The maximum atomic E-state index is 12.6. The molecular weight excluding hydrogens is 436 g/mol. The van der Waals surface area contributed by atoms with E-state index in [1.807, 2.05) is 6.92 Å². The summed E-state index contributed by atoms with van der Waals surface area (Å²) in [5.41, 5.74) is 1.54. The molecule has 2 aromatic rings. The van der Waals surface area contributed by atoms with Crippen molar-refractivity contribution in [1.29, 1.82) is 0 Å². The van der Waals surface area contributed by atoms with Crippen molar-refractivity contribution >= 4 is 33.4 Å². The number of halogens is 1. The molecule has 7 heteroatoms. The number of hydrogen-bond donors (Lipinski definition) is 2. The van der Waals surface area contributed by atoms with Crippen LogP contribution in [-0.2, 0) is 4.74 Å². The average molecular weight is 461 g/mol. The van der Waals surface area contributed by atoms with Crippen LogP contribution in [0, 0.1) is 0 Å². The second-order valence-corrected chi connectivity index (χ2v) is 7.73. The predicted molar refractivity (Wildman–Crippen MR) is 116 cm³/mol. The van der Waals surface area contributed by atoms with E-state index in [1.165, 1.54) is 0 Å². The third-order valence-electron chi connectivity index (χ3n) is 4.55. The first-order valence-corrected chi connectivity index (χ1v) is 10.6. The first-order valence-electron chi connectivity index (χ1n) is 9.80. The molecule has 0 aromatic heterocycles. The maximum Gasteiger partial charge on any atom is 0.255 e. The van der Waals surface area contributed by atoms with Crippen molar-refractivity contribution in [3.63, 3.8) is 0 Å². The van der Waals surface area contributed by atoms with E-state index in [-0.39, 0.29) is 17.9 Å². The molecule has 0 aliphatic carbocycles. The first kappa shape index (κ1) is 21.3. The van der Waals surface area contributed by atoms with Crippen LogP contribution in [0.25, 0.3) is 0 Å². The van der Waals surface area contributed by atoms with Crippen molar-refractivity contribution in [1.82, 2.24) is 5.32 Å². The van der Waals surface area contributed by atoms with Crippen LogP contribution in [0.2, 0.25) is 0 Å². The molecule has 1 unspecified atom stereocenters. The number of amides is 2. The lowest BCUT2D eigenvalue weighted by Crippen LogP contribution is -2.31. The molecule has 6 nitrogen and oxygen atoms in total. The highest BCUT2D eigenvalue weighted by Crippen LogP contribution is 2.26. The molecule has 1 aliphatic rings. The second-order valence-electron chi connectivity index (χ2n) is 6.87. The molecule has 2 amide bonds. The van der Waals surface area contributed by atoms with Crippen LogP contribution in [0.15, 0.2) is 46.9 Å². The summed E-state index contributed by atoms with van der Waals surface area (Å²) in [4.78, 5) is 25.0. The molecule has 0 radical (unpaired) electrons. The summed E-state index contributed by atoms with van der Waals surface area (Å²) < 4.78 is 11.9. The molecular formula is C22H25BrN2O4. The van der Waals surface area contributed by atoms with E-state index in [0.717, 1.165) is 30.3 Å². The molecule has 2 N–H and O–H groups in total. The van der Waals surface area contributed by atoms with Crippen molar-refractivity contribution in [2.75, 3.05) is 25.1 Å². The molecule has 154 valence electrons. The van der Waals surface area contributed by atoms with Gasteiger partial charge in [-0.2, -0.15) is 0 Å². The van der Waals surface area contributed by atoms with E-state index in [4.69, 9.17) is 9.47 Å². The molecule has 1 fully saturated rings. The van der Waals surface area contributed by atoms with Gasteiger partial charge in [0.2, 0.25) is 0 Å². The van der Waals surface area contributed by atoms with Gasteiger partial charge in [0.05, 0.1) is 17.2 Å². The van der Waals surface area contributed by atoms with Gasteiger partial charge in [0.15, 0.2) is 0 Å². The number of carbonyl (C=O) groups excluding carboxylic acids is 2. The Morgan fingerprint density at radius 2 is 2.00 bits per heavy atom. The van der Waals surface area contributed by atoms with E-state index in [9.17, 15) is 9.59 Å². The zero-order valence-electron chi connectivity index (χ0n) is 16.4. The zero-order valence-corrected chi connectivity index (χ0v) is 18.0. The Hall–Kier alpha value is -2.38. The summed E-state index contributed by atoms with van der Waals surface area (Å²) in [7, 11) is 0. The largest absolute Gasteiger partial charge is 0.492 e. The van der Waals surface area contributed by atoms with Crippen molar-refractivity contribution in [3.05, 3.63) is 58.1 Å². The van der Waals surface area contributed by atoms with Gasteiger partial charge in [-0.3, -0.25) is 9.59 Å². The molecule has 0 saturated carbocycles. The van der Waals surface area contributed by atoms with E-state index >= 15 is 0 Å². The number of anilines is 1. The maximum absolute atomic E-state index is 12.6. The molecule has 29 heavy (non-hydrogen) atoms. The molecule has 1 atom stereocenters. The molecule has 2 aromatic carbocycles. The van der Waals surface area contributed by atoms with Gasteiger partial charge in [-0.25, -0.2) is 0 Å². The van der Waals surface area contributed by atoms with Gasteiger partial charge in [0.25, 0.3) is 11.8 Å². The number of benzene rings is 2. The molecule has 1 saturated heterocycles. The fraction of sp³-hybridized carbons (Fsp3) is 0.364. The Kier molecular flexibility index (Phi) is 7.66. The van der Waals surface area contributed by atoms with Gasteiger partial charge in [-0.15, -0.1) is 0 Å². The molecule has 3 rings (SSSR count). The monoisotopic (exact) mass is 460 g/mol. The van der Waals surface area contributed by atoms with Gasteiger partial charge in [-0.1, -0.05) is 13.0 Å². The topological polar surface area (TPSA) is 76.7 Å². The van der Waals surface area contributed by atoms with Crippen LogP contribution in [0.1, 0.15) is 46.9 Å². The van der Waals surface area contributed by atoms with Crippen LogP contribution in [0.5, 0.6) is 5.75 Å². The highest BCUT2D eigenvalue weighted by Gasteiger charge is 2.17. The quantitative estimate of drug-likeness (QED) is 0.611. The number of nitrogens with one attached hydrogen (secondary N) is 2. The standard InChI is InChI=1S/C22H25BrN2O4/c1-2-10-29-20-9-8-16(13-19(20)23)22(27)25-17-6-3-5-15(12-17)21(26)24-14-18-7-4-11-28-18/h3,5-6,8-9,12-13,18H,2,4,7,10-11,14H2,1H3,(H,24,26)(H,25,27). The SMILES string of the molecule is CCCOc1ccc(C(=O)Nc2cccc(C(=O)NCC3CCCO3)c2)cc1Br. The van der Waals surface area contributed by atoms with Gasteiger partial charge in [-0.05, 0) is 71.6 Å². The normalized spacial score (nSPS) is 15.7. The fourth-order valence-corrected chi connectivity index (χ4v) is 3.52. The van der Waals surface area contributed by atoms with Crippen LogP contribution >= 0.6 is 15.9 Å². The number of rotatable bonds is 8. The van der Waals surface area contributed by atoms with Crippen LogP contribution < -0.4 is 15.4 Å². The lowest BCUT2D eigenvalue weighted by molar-refractivity contribution is 0.0857. The summed E-state index contributed by atoms with van der Waals surface area (Å²) in [5, 5.41) is 5.72. The molecule has 1 aliphatic heterocycles. The Labute approximate surface area is 179 Å². The van der Waals surface area contributed by atoms with Crippen LogP contribution in [-0.4, -0.2) is 37.7 Å². The third-order valence-corrected chi connectivity index (χ3v) is 5.17. The zero-order chi connectivity index (χ0) is 20.6. The molecule has 0 spiro atoms. The summed E-state index contributed by atoms with van der Waals surface area (Å²) >= 11 is 3.44. The number of carbonyl (C=O) groups is 2. The van der Waals surface area contributed by atoms with Crippen molar-refractivity contribution in [2.45, 2.75) is 32.3 Å². The minimum atomic E-state index is -0.260. The number of hydrogen-bond acceptors (Lipinski definition) is 4. The highest BCUT2D eigenvalue weighted by molar-refractivity contribution is 9.10. The Balaban J connectivity index is 1.61. The fourth-order valence-electron chi connectivity index (χ4n) is 3.03. The van der Waals surface area contributed by atoms with E-state index in [0.29, 0.717) is 35.7 Å². The van der Waals surface area contributed by atoms with Crippen LogP contribution in [0.4, 0.5) is 5.69 Å². The molecule has 0 bridgehead atoms. The van der Waals surface area contributed by atoms with E-state index < -0.39 is 0 Å². The smallest absolute Gasteiger partial charge is 0.255 e. The van der Waals surface area contributed by atoms with Gasteiger partial charge in [0, 0.05) is 30.0 Å². The van der Waals surface area contributed by atoms with Crippen molar-refractivity contribution in [2.24, 2.45) is 0 Å². The van der Waals surface area contributed by atoms with Crippen molar-refractivity contribution < 1.29 is 19.1 Å². The lowest BCUT2D eigenvalue weighted by Gasteiger charge is -2.12. The first-order chi connectivity index (χ1) is 14.1. The Bertz CT molecular complexity index is 866. The third kappa shape index (κ3) is 6.05. The van der Waals surface area contributed by atoms with E-state index in [1.54, 1.807) is 42.5 Å². The summed E-state index contributed by atoms with van der Waals surface area (Å²) in [5.74, 6) is 0.259. The Morgan fingerprint density at radius 3 is 2.72 bits per heavy atom. The van der Waals surface area contributed by atoms with Gasteiger partial charge in [0.1, 0.15) is 5.75 Å². The highest BCUT2D eigenvalue weighted by atomic mass is 79.9. The second kappa shape index (κ2) is 10.4. The van der Waals surface area contributed by atoms with Gasteiger partial charge >= 0.3 is 0 Å². The summed E-state index contributed by atoms with van der Waals surface area (Å²) in [6.07, 6.45) is 2.99. The summed E-state index contributed by atoms with van der Waals surface area (Å²) in [6.45, 7) is 3.90. The lowest BCUT2D eigenvalue weighted by atomic mass is 10.1. The van der Waals surface area contributed by atoms with Crippen LogP contribution in [0.3, 0.4) is 0 Å². The number of ether oxygens (including phenoxy) is 2. The minimum Gasteiger partial charge on any atom is -0.492 e. The molecule has 1 heterocycles. The van der Waals surface area contributed by atoms with Crippen molar-refractivity contribution in [3.8, 4) is 5.75 Å². The predicted octanol–water partition coefficient (Wildman–Crippen LogP) is 4.40. The van der Waals surface area contributed by atoms with Gasteiger partial charge < -0.3 is 20.1 Å². The summed E-state index contributed by atoms with van der Waals surface area (Å²) in [6, 6.07) is 12.1. The minimum absolute atomic E-state index is 0.0876.